The van der Waals surface area contributed by atoms with E-state index in [4.69, 9.17) is 11.6 Å². The summed E-state index contributed by atoms with van der Waals surface area (Å²) in [6.07, 6.45) is 0. The van der Waals surface area contributed by atoms with Crippen molar-refractivity contribution in [1.82, 2.24) is 0 Å². The van der Waals surface area contributed by atoms with E-state index < -0.39 is 0 Å². The van der Waals surface area contributed by atoms with Crippen molar-refractivity contribution in [2.24, 2.45) is 0 Å². The molecule has 0 aliphatic carbocycles. The minimum absolute atomic E-state index is 0.0916. The number of aliphatic hydroxyl groups is 1. The van der Waals surface area contributed by atoms with Gasteiger partial charge in [0.15, 0.2) is 0 Å². The molecule has 0 aromatic heterocycles. The topological polar surface area (TPSA) is 20.2 Å². The average molecular weight is 264 g/mol. The van der Waals surface area contributed by atoms with E-state index in [-0.39, 0.29) is 12.0 Å². The second kappa shape index (κ2) is 3.99. The summed E-state index contributed by atoms with van der Waals surface area (Å²) < 4.78 is 0.954. The number of hydrogen-bond donors (Lipinski definition) is 1. The first kappa shape index (κ1) is 11.0. The lowest BCUT2D eigenvalue weighted by atomic mass is 9.86. The number of benzene rings is 1. The van der Waals surface area contributed by atoms with E-state index in [2.05, 4.69) is 15.9 Å². The molecule has 1 rings (SSSR count). The molecule has 72 valence electrons. The molecule has 0 aliphatic rings. The SMILES string of the molecule is CC(C)(CO)c1ccc(Br)cc1Cl. The molecule has 3 heteroatoms. The fourth-order valence-corrected chi connectivity index (χ4v) is 2.05. The smallest absolute Gasteiger partial charge is 0.0523 e. The highest BCUT2D eigenvalue weighted by Crippen LogP contribution is 2.31. The third kappa shape index (κ3) is 2.46. The maximum atomic E-state index is 9.17. The zero-order valence-corrected chi connectivity index (χ0v) is 9.98. The van der Waals surface area contributed by atoms with Crippen molar-refractivity contribution >= 4 is 27.5 Å². The van der Waals surface area contributed by atoms with E-state index in [1.807, 2.05) is 32.0 Å². The molecule has 0 aliphatic heterocycles. The molecule has 0 fully saturated rings. The molecular weight excluding hydrogens is 251 g/mol. The molecule has 0 spiro atoms. The molecule has 0 unspecified atom stereocenters. The van der Waals surface area contributed by atoms with Crippen molar-refractivity contribution < 1.29 is 5.11 Å². The van der Waals surface area contributed by atoms with Gasteiger partial charge >= 0.3 is 0 Å². The molecule has 0 radical (unpaired) electrons. The van der Waals surface area contributed by atoms with E-state index in [1.165, 1.54) is 0 Å². The first-order chi connectivity index (χ1) is 5.97. The first-order valence-electron chi connectivity index (χ1n) is 4.04. The van der Waals surface area contributed by atoms with Gasteiger partial charge in [-0.3, -0.25) is 0 Å². The number of halogens is 2. The van der Waals surface area contributed by atoms with Crippen molar-refractivity contribution in [3.63, 3.8) is 0 Å². The lowest BCUT2D eigenvalue weighted by Gasteiger charge is -2.23. The summed E-state index contributed by atoms with van der Waals surface area (Å²) in [5, 5.41) is 9.86. The predicted molar refractivity (Wildman–Crippen MR) is 59.3 cm³/mol. The molecule has 13 heavy (non-hydrogen) atoms. The lowest BCUT2D eigenvalue weighted by molar-refractivity contribution is 0.218. The molecule has 1 aromatic carbocycles. The summed E-state index contributed by atoms with van der Waals surface area (Å²) in [6, 6.07) is 5.70. The van der Waals surface area contributed by atoms with E-state index in [0.29, 0.717) is 5.02 Å². The van der Waals surface area contributed by atoms with Crippen LogP contribution in [0.3, 0.4) is 0 Å². The van der Waals surface area contributed by atoms with E-state index in [1.54, 1.807) is 0 Å². The van der Waals surface area contributed by atoms with Crippen LogP contribution in [0.25, 0.3) is 0 Å². The first-order valence-corrected chi connectivity index (χ1v) is 5.21. The van der Waals surface area contributed by atoms with Gasteiger partial charge in [-0.1, -0.05) is 47.4 Å². The molecule has 0 amide bonds. The van der Waals surface area contributed by atoms with Crippen molar-refractivity contribution in [2.75, 3.05) is 6.61 Å². The summed E-state index contributed by atoms with van der Waals surface area (Å²) in [4.78, 5) is 0. The standard InChI is InChI=1S/C10H12BrClO/c1-10(2,6-13)8-4-3-7(11)5-9(8)12/h3-5,13H,6H2,1-2H3. The third-order valence-electron chi connectivity index (χ3n) is 2.06. The van der Waals surface area contributed by atoms with Crippen LogP contribution >= 0.6 is 27.5 Å². The number of hydrogen-bond acceptors (Lipinski definition) is 1. The number of aliphatic hydroxyl groups excluding tert-OH is 1. The van der Waals surface area contributed by atoms with Gasteiger partial charge in [-0.15, -0.1) is 0 Å². The van der Waals surface area contributed by atoms with Gasteiger partial charge in [-0.05, 0) is 17.7 Å². The Morgan fingerprint density at radius 1 is 1.46 bits per heavy atom. The van der Waals surface area contributed by atoms with Crippen LogP contribution in [0.5, 0.6) is 0 Å². The summed E-state index contributed by atoms with van der Waals surface area (Å²) >= 11 is 9.39. The molecule has 0 saturated carbocycles. The quantitative estimate of drug-likeness (QED) is 0.867. The summed E-state index contributed by atoms with van der Waals surface area (Å²) in [6.45, 7) is 4.01. The van der Waals surface area contributed by atoms with Crippen LogP contribution in [0.15, 0.2) is 22.7 Å². The van der Waals surface area contributed by atoms with Crippen molar-refractivity contribution in [1.29, 1.82) is 0 Å². The van der Waals surface area contributed by atoms with Gasteiger partial charge < -0.3 is 5.11 Å². The molecular formula is C10H12BrClO. The lowest BCUT2D eigenvalue weighted by Crippen LogP contribution is -2.22. The largest absolute Gasteiger partial charge is 0.395 e. The fourth-order valence-electron chi connectivity index (χ4n) is 1.12. The van der Waals surface area contributed by atoms with Crippen LogP contribution < -0.4 is 0 Å². The molecule has 0 bridgehead atoms. The molecule has 1 N–H and O–H groups in total. The van der Waals surface area contributed by atoms with E-state index >= 15 is 0 Å². The monoisotopic (exact) mass is 262 g/mol. The molecule has 0 atom stereocenters. The third-order valence-corrected chi connectivity index (χ3v) is 2.86. The Hall–Kier alpha value is -0.0500. The second-order valence-corrected chi connectivity index (χ2v) is 4.99. The van der Waals surface area contributed by atoms with Crippen LogP contribution in [0.4, 0.5) is 0 Å². The Labute approximate surface area is 91.9 Å². The van der Waals surface area contributed by atoms with Gasteiger partial charge in [0.2, 0.25) is 0 Å². The highest BCUT2D eigenvalue weighted by Gasteiger charge is 2.21. The molecule has 1 aromatic rings. The van der Waals surface area contributed by atoms with Crippen molar-refractivity contribution in [2.45, 2.75) is 19.3 Å². The van der Waals surface area contributed by atoms with Gasteiger partial charge in [-0.25, -0.2) is 0 Å². The Kier molecular flexibility index (Phi) is 3.38. The van der Waals surface area contributed by atoms with Crippen LogP contribution in [0, 0.1) is 0 Å². The normalized spacial score (nSPS) is 11.8. The van der Waals surface area contributed by atoms with Crippen LogP contribution in [-0.2, 0) is 5.41 Å². The van der Waals surface area contributed by atoms with Crippen LogP contribution in [0.1, 0.15) is 19.4 Å². The van der Waals surface area contributed by atoms with Gasteiger partial charge in [0.1, 0.15) is 0 Å². The summed E-state index contributed by atoms with van der Waals surface area (Å²) in [5.41, 5.74) is 0.692. The van der Waals surface area contributed by atoms with E-state index in [9.17, 15) is 5.11 Å². The Balaban J connectivity index is 3.16. The zero-order valence-electron chi connectivity index (χ0n) is 7.64. The van der Waals surface area contributed by atoms with Crippen LogP contribution in [-0.4, -0.2) is 11.7 Å². The predicted octanol–water partition coefficient (Wildman–Crippen LogP) is 3.37. The van der Waals surface area contributed by atoms with Gasteiger partial charge in [0.05, 0.1) is 6.61 Å². The Morgan fingerprint density at radius 3 is 2.54 bits per heavy atom. The van der Waals surface area contributed by atoms with Gasteiger partial charge in [0, 0.05) is 14.9 Å². The fraction of sp³-hybridized carbons (Fsp3) is 0.400. The number of rotatable bonds is 2. The van der Waals surface area contributed by atoms with Crippen molar-refractivity contribution in [3.05, 3.63) is 33.3 Å². The van der Waals surface area contributed by atoms with Gasteiger partial charge in [0.25, 0.3) is 0 Å². The van der Waals surface area contributed by atoms with Gasteiger partial charge in [-0.2, -0.15) is 0 Å². The minimum atomic E-state index is -0.280. The highest BCUT2D eigenvalue weighted by atomic mass is 79.9. The van der Waals surface area contributed by atoms with E-state index in [0.717, 1.165) is 10.0 Å². The molecule has 1 nitrogen and oxygen atoms in total. The Morgan fingerprint density at radius 2 is 2.08 bits per heavy atom. The average Bonchev–Trinajstić information content (AvgIpc) is 2.03. The summed E-state index contributed by atoms with van der Waals surface area (Å²) in [7, 11) is 0. The van der Waals surface area contributed by atoms with Crippen LogP contribution in [0.2, 0.25) is 5.02 Å². The second-order valence-electron chi connectivity index (χ2n) is 3.67. The minimum Gasteiger partial charge on any atom is -0.395 e. The highest BCUT2D eigenvalue weighted by molar-refractivity contribution is 9.10. The molecule has 0 heterocycles. The maximum Gasteiger partial charge on any atom is 0.0523 e. The molecule has 0 saturated heterocycles. The zero-order chi connectivity index (χ0) is 10.1. The maximum absolute atomic E-state index is 9.17. The van der Waals surface area contributed by atoms with Crippen molar-refractivity contribution in [3.8, 4) is 0 Å². The Bertz CT molecular complexity index is 310. The summed E-state index contributed by atoms with van der Waals surface area (Å²) in [5.74, 6) is 0.